The van der Waals surface area contributed by atoms with E-state index in [1.165, 1.54) is 0 Å². The van der Waals surface area contributed by atoms with Crippen LogP contribution >= 0.6 is 0 Å². The standard InChI is InChI=1S/C26H31N3O4/c1-18-24(28-26(33-18)21-6-10-23(32-3)11-7-21)17-29-14-12-20(13-15-29)25(30)27-16-19-4-8-22(31-2)9-5-19/h4-11,20H,12-17H2,1-3H3,(H,27,30). The van der Waals surface area contributed by atoms with Gasteiger partial charge in [-0.05, 0) is 74.8 Å². The summed E-state index contributed by atoms with van der Waals surface area (Å²) in [6.07, 6.45) is 1.69. The lowest BCUT2D eigenvalue weighted by atomic mass is 9.95. The maximum atomic E-state index is 12.6. The van der Waals surface area contributed by atoms with Crippen LogP contribution in [0.15, 0.2) is 52.9 Å². The van der Waals surface area contributed by atoms with E-state index in [0.29, 0.717) is 12.4 Å². The molecule has 174 valence electrons. The van der Waals surface area contributed by atoms with Crippen LogP contribution in [0.5, 0.6) is 11.5 Å². The van der Waals surface area contributed by atoms with E-state index in [-0.39, 0.29) is 11.8 Å². The molecule has 0 unspecified atom stereocenters. The number of piperidine rings is 1. The normalized spacial score (nSPS) is 14.8. The Kier molecular flexibility index (Phi) is 7.29. The Balaban J connectivity index is 1.26. The van der Waals surface area contributed by atoms with Gasteiger partial charge in [-0.15, -0.1) is 0 Å². The predicted molar refractivity (Wildman–Crippen MR) is 126 cm³/mol. The molecule has 0 atom stereocenters. The van der Waals surface area contributed by atoms with Crippen LogP contribution in [0.25, 0.3) is 11.5 Å². The van der Waals surface area contributed by atoms with E-state index in [1.54, 1.807) is 14.2 Å². The molecule has 3 aromatic rings. The van der Waals surface area contributed by atoms with E-state index >= 15 is 0 Å². The number of likely N-dealkylation sites (tertiary alicyclic amines) is 1. The van der Waals surface area contributed by atoms with Crippen molar-refractivity contribution < 1.29 is 18.7 Å². The minimum absolute atomic E-state index is 0.0489. The number of amides is 1. The van der Waals surface area contributed by atoms with Gasteiger partial charge in [0.15, 0.2) is 0 Å². The highest BCUT2D eigenvalue weighted by Gasteiger charge is 2.26. The summed E-state index contributed by atoms with van der Waals surface area (Å²) in [5, 5.41) is 3.07. The molecule has 0 spiro atoms. The number of aromatic nitrogens is 1. The van der Waals surface area contributed by atoms with Crippen LogP contribution < -0.4 is 14.8 Å². The fourth-order valence-corrected chi connectivity index (χ4v) is 4.07. The first-order valence-electron chi connectivity index (χ1n) is 11.3. The number of nitrogens with zero attached hydrogens (tertiary/aromatic N) is 2. The summed E-state index contributed by atoms with van der Waals surface area (Å²) in [5.41, 5.74) is 2.94. The third kappa shape index (κ3) is 5.73. The van der Waals surface area contributed by atoms with Gasteiger partial charge in [-0.2, -0.15) is 0 Å². The van der Waals surface area contributed by atoms with Crippen molar-refractivity contribution in [2.24, 2.45) is 5.92 Å². The lowest BCUT2D eigenvalue weighted by molar-refractivity contribution is -0.126. The maximum Gasteiger partial charge on any atom is 0.226 e. The minimum atomic E-state index is 0.0489. The molecule has 1 aliphatic heterocycles. The molecule has 33 heavy (non-hydrogen) atoms. The number of nitrogens with one attached hydrogen (secondary N) is 1. The molecule has 0 aliphatic carbocycles. The number of rotatable bonds is 8. The molecule has 0 radical (unpaired) electrons. The van der Waals surface area contributed by atoms with Crippen LogP contribution in [-0.2, 0) is 17.9 Å². The third-order valence-electron chi connectivity index (χ3n) is 6.19. The molecule has 1 fully saturated rings. The number of carbonyl (C=O) groups is 1. The summed E-state index contributed by atoms with van der Waals surface area (Å²) in [4.78, 5) is 19.7. The van der Waals surface area contributed by atoms with Gasteiger partial charge in [-0.25, -0.2) is 4.98 Å². The van der Waals surface area contributed by atoms with Gasteiger partial charge in [-0.1, -0.05) is 12.1 Å². The largest absolute Gasteiger partial charge is 0.497 e. The Labute approximate surface area is 194 Å². The maximum absolute atomic E-state index is 12.6. The molecule has 7 heteroatoms. The molecule has 7 nitrogen and oxygen atoms in total. The number of hydrogen-bond acceptors (Lipinski definition) is 6. The molecular weight excluding hydrogens is 418 g/mol. The highest BCUT2D eigenvalue weighted by molar-refractivity contribution is 5.78. The van der Waals surface area contributed by atoms with E-state index in [2.05, 4.69) is 10.2 Å². The summed E-state index contributed by atoms with van der Waals surface area (Å²) >= 11 is 0. The van der Waals surface area contributed by atoms with Gasteiger partial charge in [0.05, 0.1) is 19.9 Å². The molecule has 2 aromatic carbocycles. The zero-order valence-corrected chi connectivity index (χ0v) is 19.5. The van der Waals surface area contributed by atoms with Crippen molar-refractivity contribution in [3.8, 4) is 23.0 Å². The van der Waals surface area contributed by atoms with Crippen molar-refractivity contribution in [3.63, 3.8) is 0 Å². The van der Waals surface area contributed by atoms with Crippen molar-refractivity contribution in [2.45, 2.75) is 32.9 Å². The first-order chi connectivity index (χ1) is 16.1. The Bertz CT molecular complexity index is 1050. The van der Waals surface area contributed by atoms with Crippen molar-refractivity contribution >= 4 is 5.91 Å². The molecule has 0 bridgehead atoms. The van der Waals surface area contributed by atoms with E-state index in [4.69, 9.17) is 18.9 Å². The van der Waals surface area contributed by atoms with Gasteiger partial charge in [0.2, 0.25) is 11.8 Å². The number of hydrogen-bond donors (Lipinski definition) is 1. The first-order valence-corrected chi connectivity index (χ1v) is 11.3. The van der Waals surface area contributed by atoms with Gasteiger partial charge >= 0.3 is 0 Å². The fourth-order valence-electron chi connectivity index (χ4n) is 4.07. The van der Waals surface area contributed by atoms with Crippen LogP contribution in [0.1, 0.15) is 29.9 Å². The topological polar surface area (TPSA) is 76.8 Å². The van der Waals surface area contributed by atoms with Crippen LogP contribution in [0.4, 0.5) is 0 Å². The number of methoxy groups -OCH3 is 2. The number of ether oxygens (including phenoxy) is 2. The van der Waals surface area contributed by atoms with E-state index in [9.17, 15) is 4.79 Å². The average Bonchev–Trinajstić information content (AvgIpc) is 3.23. The zero-order chi connectivity index (χ0) is 23.2. The highest BCUT2D eigenvalue weighted by Crippen LogP contribution is 2.26. The Morgan fingerprint density at radius 1 is 1.03 bits per heavy atom. The van der Waals surface area contributed by atoms with Crippen molar-refractivity contribution in [1.29, 1.82) is 0 Å². The van der Waals surface area contributed by atoms with E-state index < -0.39 is 0 Å². The molecule has 1 aliphatic rings. The number of benzene rings is 2. The average molecular weight is 450 g/mol. The van der Waals surface area contributed by atoms with Gasteiger partial charge < -0.3 is 19.2 Å². The lowest BCUT2D eigenvalue weighted by Gasteiger charge is -2.30. The predicted octanol–water partition coefficient (Wildman–Crippen LogP) is 4.20. The summed E-state index contributed by atoms with van der Waals surface area (Å²) < 4.78 is 16.3. The number of aryl methyl sites for hydroxylation is 1. The quantitative estimate of drug-likeness (QED) is 0.556. The molecule has 1 aromatic heterocycles. The Morgan fingerprint density at radius 2 is 1.64 bits per heavy atom. The van der Waals surface area contributed by atoms with Crippen molar-refractivity contribution in [1.82, 2.24) is 15.2 Å². The Hall–Kier alpha value is -3.32. The monoisotopic (exact) mass is 449 g/mol. The number of carbonyl (C=O) groups excluding carboxylic acids is 1. The zero-order valence-electron chi connectivity index (χ0n) is 19.5. The summed E-state index contributed by atoms with van der Waals surface area (Å²) in [5.74, 6) is 3.25. The van der Waals surface area contributed by atoms with Gasteiger partial charge in [0.1, 0.15) is 17.3 Å². The van der Waals surface area contributed by atoms with Gasteiger partial charge in [0.25, 0.3) is 0 Å². The van der Waals surface area contributed by atoms with E-state index in [1.807, 2.05) is 55.5 Å². The third-order valence-corrected chi connectivity index (χ3v) is 6.19. The SMILES string of the molecule is COc1ccc(CNC(=O)C2CCN(Cc3nc(-c4ccc(OC)cc4)oc3C)CC2)cc1. The summed E-state index contributed by atoms with van der Waals surface area (Å²) in [7, 11) is 3.29. The van der Waals surface area contributed by atoms with Crippen molar-refractivity contribution in [2.75, 3.05) is 27.3 Å². The van der Waals surface area contributed by atoms with E-state index in [0.717, 1.165) is 66.6 Å². The van der Waals surface area contributed by atoms with Crippen LogP contribution in [0.3, 0.4) is 0 Å². The highest BCUT2D eigenvalue weighted by atomic mass is 16.5. The van der Waals surface area contributed by atoms with Gasteiger partial charge in [-0.3, -0.25) is 9.69 Å². The molecule has 1 saturated heterocycles. The van der Waals surface area contributed by atoms with Crippen LogP contribution in [0.2, 0.25) is 0 Å². The molecular formula is C26H31N3O4. The molecule has 2 heterocycles. The minimum Gasteiger partial charge on any atom is -0.497 e. The number of oxazole rings is 1. The second-order valence-electron chi connectivity index (χ2n) is 8.37. The second-order valence-corrected chi connectivity index (χ2v) is 8.37. The first kappa shape index (κ1) is 22.9. The molecule has 4 rings (SSSR count). The lowest BCUT2D eigenvalue weighted by Crippen LogP contribution is -2.40. The Morgan fingerprint density at radius 3 is 2.24 bits per heavy atom. The van der Waals surface area contributed by atoms with Gasteiger partial charge in [0, 0.05) is 24.6 Å². The molecule has 0 saturated carbocycles. The summed E-state index contributed by atoms with van der Waals surface area (Å²) in [6, 6.07) is 15.5. The molecule has 1 amide bonds. The fraction of sp³-hybridized carbons (Fsp3) is 0.385. The van der Waals surface area contributed by atoms with Crippen LogP contribution in [0, 0.1) is 12.8 Å². The van der Waals surface area contributed by atoms with Crippen LogP contribution in [-0.4, -0.2) is 43.1 Å². The molecule has 1 N–H and O–H groups in total. The smallest absolute Gasteiger partial charge is 0.226 e. The second kappa shape index (κ2) is 10.5. The summed E-state index contributed by atoms with van der Waals surface area (Å²) in [6.45, 7) is 4.95. The van der Waals surface area contributed by atoms with Crippen molar-refractivity contribution in [3.05, 3.63) is 65.5 Å².